The number of aromatic nitrogens is 1. The summed E-state index contributed by atoms with van der Waals surface area (Å²) in [5, 5.41) is 11.1. The standard InChI is InChI=1S/C16H10ClNO4/c17-22-16(20)14-15(19)13-7-6-12(8-10(13)9-18-14)21-11-4-2-1-3-5-11/h1-9,19H. The molecule has 0 radical (unpaired) electrons. The van der Waals surface area contributed by atoms with E-state index in [0.29, 0.717) is 22.3 Å². The molecule has 0 spiro atoms. The summed E-state index contributed by atoms with van der Waals surface area (Å²) in [4.78, 5) is 15.2. The Labute approximate surface area is 130 Å². The quantitative estimate of drug-likeness (QED) is 0.790. The van der Waals surface area contributed by atoms with Crippen molar-refractivity contribution in [3.8, 4) is 17.2 Å². The minimum Gasteiger partial charge on any atom is -0.505 e. The zero-order valence-corrected chi connectivity index (χ0v) is 11.9. The van der Waals surface area contributed by atoms with Gasteiger partial charge < -0.3 is 14.1 Å². The minimum absolute atomic E-state index is 0.237. The number of benzene rings is 2. The van der Waals surface area contributed by atoms with Crippen LogP contribution in [0.4, 0.5) is 0 Å². The van der Waals surface area contributed by atoms with Gasteiger partial charge in [-0.25, -0.2) is 9.78 Å². The van der Waals surface area contributed by atoms with Crippen LogP contribution in [0.1, 0.15) is 10.5 Å². The molecule has 0 aliphatic carbocycles. The van der Waals surface area contributed by atoms with Gasteiger partial charge in [-0.15, -0.1) is 0 Å². The molecule has 22 heavy (non-hydrogen) atoms. The first-order chi connectivity index (χ1) is 10.7. The van der Waals surface area contributed by atoms with Gasteiger partial charge in [0.15, 0.2) is 11.4 Å². The van der Waals surface area contributed by atoms with Gasteiger partial charge in [0.25, 0.3) is 0 Å². The van der Waals surface area contributed by atoms with Gasteiger partial charge in [-0.2, -0.15) is 0 Å². The number of hydrogen-bond donors (Lipinski definition) is 1. The third-order valence-electron chi connectivity index (χ3n) is 3.08. The first-order valence-corrected chi connectivity index (χ1v) is 6.67. The van der Waals surface area contributed by atoms with Gasteiger partial charge in [0.05, 0.1) is 0 Å². The molecule has 0 saturated carbocycles. The number of carbonyl (C=O) groups excluding carboxylic acids is 1. The van der Waals surface area contributed by atoms with E-state index in [1.807, 2.05) is 30.3 Å². The molecule has 110 valence electrons. The Bertz CT molecular complexity index is 836. The monoisotopic (exact) mass is 315 g/mol. The fourth-order valence-electron chi connectivity index (χ4n) is 2.06. The van der Waals surface area contributed by atoms with Gasteiger partial charge in [-0.3, -0.25) is 0 Å². The van der Waals surface area contributed by atoms with Crippen LogP contribution in [0.2, 0.25) is 0 Å². The van der Waals surface area contributed by atoms with Gasteiger partial charge in [0.1, 0.15) is 23.4 Å². The van der Waals surface area contributed by atoms with Crippen molar-refractivity contribution in [1.82, 2.24) is 4.98 Å². The molecule has 0 fully saturated rings. The van der Waals surface area contributed by atoms with Crippen LogP contribution in [0.25, 0.3) is 10.8 Å². The summed E-state index contributed by atoms with van der Waals surface area (Å²) < 4.78 is 9.76. The lowest BCUT2D eigenvalue weighted by molar-refractivity contribution is 0.0742. The Morgan fingerprint density at radius 1 is 1.09 bits per heavy atom. The zero-order chi connectivity index (χ0) is 15.5. The Hall–Kier alpha value is -2.79. The maximum atomic E-state index is 11.4. The molecule has 1 aromatic heterocycles. The predicted octanol–water partition coefficient (Wildman–Crippen LogP) is 4.04. The van der Waals surface area contributed by atoms with E-state index < -0.39 is 5.97 Å². The van der Waals surface area contributed by atoms with Crippen molar-refractivity contribution in [2.24, 2.45) is 0 Å². The Morgan fingerprint density at radius 2 is 1.86 bits per heavy atom. The van der Waals surface area contributed by atoms with E-state index in [0.717, 1.165) is 0 Å². The lowest BCUT2D eigenvalue weighted by Gasteiger charge is -2.08. The van der Waals surface area contributed by atoms with E-state index in [9.17, 15) is 9.90 Å². The molecule has 1 heterocycles. The molecule has 1 N–H and O–H groups in total. The molecule has 2 aromatic carbocycles. The van der Waals surface area contributed by atoms with Crippen LogP contribution < -0.4 is 4.74 Å². The summed E-state index contributed by atoms with van der Waals surface area (Å²) in [5.41, 5.74) is -0.237. The van der Waals surface area contributed by atoms with Gasteiger partial charge in [0, 0.05) is 17.0 Å². The zero-order valence-electron chi connectivity index (χ0n) is 11.2. The fourth-order valence-corrected chi connectivity index (χ4v) is 2.13. The Balaban J connectivity index is 1.99. The lowest BCUT2D eigenvalue weighted by Crippen LogP contribution is -2.02. The van der Waals surface area contributed by atoms with Crippen LogP contribution >= 0.6 is 11.9 Å². The second-order valence-electron chi connectivity index (χ2n) is 4.48. The number of para-hydroxylation sites is 1. The first kappa shape index (κ1) is 14.2. The lowest BCUT2D eigenvalue weighted by atomic mass is 10.1. The van der Waals surface area contributed by atoms with Crippen LogP contribution in [0, 0.1) is 0 Å². The summed E-state index contributed by atoms with van der Waals surface area (Å²) in [6, 6.07) is 14.3. The van der Waals surface area contributed by atoms with Gasteiger partial charge in [-0.05, 0) is 30.3 Å². The normalized spacial score (nSPS) is 10.4. The van der Waals surface area contributed by atoms with Crippen molar-refractivity contribution in [2.45, 2.75) is 0 Å². The third-order valence-corrected chi connectivity index (χ3v) is 3.22. The van der Waals surface area contributed by atoms with E-state index in [1.54, 1.807) is 18.2 Å². The molecular formula is C16H10ClNO4. The molecule has 0 amide bonds. The number of fused-ring (bicyclic) bond motifs is 1. The molecule has 5 nitrogen and oxygen atoms in total. The second kappa shape index (κ2) is 5.91. The van der Waals surface area contributed by atoms with Crippen LogP contribution in [0.15, 0.2) is 54.7 Å². The SMILES string of the molecule is O=C(OCl)c1ncc2cc(Oc3ccccc3)ccc2c1O. The predicted molar refractivity (Wildman–Crippen MR) is 81.2 cm³/mol. The maximum Gasteiger partial charge on any atom is 0.378 e. The van der Waals surface area contributed by atoms with Crippen molar-refractivity contribution in [3.63, 3.8) is 0 Å². The first-order valence-electron chi connectivity index (χ1n) is 6.36. The van der Waals surface area contributed by atoms with Crippen molar-refractivity contribution >= 4 is 28.6 Å². The fraction of sp³-hybridized carbons (Fsp3) is 0. The number of ether oxygens (including phenoxy) is 1. The van der Waals surface area contributed by atoms with Crippen molar-refractivity contribution in [1.29, 1.82) is 0 Å². The molecule has 0 unspecified atom stereocenters. The third kappa shape index (κ3) is 2.66. The molecule has 3 rings (SSSR count). The van der Waals surface area contributed by atoms with Crippen LogP contribution in [0.3, 0.4) is 0 Å². The van der Waals surface area contributed by atoms with Crippen LogP contribution in [0.5, 0.6) is 17.2 Å². The number of carbonyl (C=O) groups is 1. The molecule has 0 aliphatic heterocycles. The summed E-state index contributed by atoms with van der Waals surface area (Å²) >= 11 is 5.00. The summed E-state index contributed by atoms with van der Waals surface area (Å²) in [5.74, 6) is 0.0917. The Kier molecular flexibility index (Phi) is 3.80. The van der Waals surface area contributed by atoms with Crippen molar-refractivity contribution in [2.75, 3.05) is 0 Å². The molecular weight excluding hydrogens is 306 g/mol. The van der Waals surface area contributed by atoms with Crippen molar-refractivity contribution < 1.29 is 18.9 Å². The highest BCUT2D eigenvalue weighted by molar-refractivity contribution is 6.16. The maximum absolute atomic E-state index is 11.4. The molecule has 3 aromatic rings. The Morgan fingerprint density at radius 3 is 2.59 bits per heavy atom. The minimum atomic E-state index is -0.911. The van der Waals surface area contributed by atoms with E-state index in [4.69, 9.17) is 16.6 Å². The van der Waals surface area contributed by atoms with Gasteiger partial charge in [-0.1, -0.05) is 18.2 Å². The number of hydrogen-bond acceptors (Lipinski definition) is 5. The highest BCUT2D eigenvalue weighted by Crippen LogP contribution is 2.31. The summed E-state index contributed by atoms with van der Waals surface area (Å²) in [6.07, 6.45) is 1.44. The summed E-state index contributed by atoms with van der Waals surface area (Å²) in [7, 11) is 0. The molecule has 0 bridgehead atoms. The van der Waals surface area contributed by atoms with E-state index in [-0.39, 0.29) is 11.4 Å². The number of rotatable bonds is 3. The highest BCUT2D eigenvalue weighted by Gasteiger charge is 2.17. The summed E-state index contributed by atoms with van der Waals surface area (Å²) in [6.45, 7) is 0. The molecule has 0 aliphatic rings. The second-order valence-corrected chi connectivity index (χ2v) is 4.64. The van der Waals surface area contributed by atoms with E-state index in [1.165, 1.54) is 6.20 Å². The number of pyridine rings is 1. The molecule has 0 saturated heterocycles. The number of halogens is 1. The molecule has 6 heteroatoms. The van der Waals surface area contributed by atoms with E-state index >= 15 is 0 Å². The van der Waals surface area contributed by atoms with Crippen molar-refractivity contribution in [3.05, 3.63) is 60.4 Å². The number of aromatic hydroxyl groups is 1. The van der Waals surface area contributed by atoms with Crippen LogP contribution in [-0.4, -0.2) is 16.1 Å². The smallest absolute Gasteiger partial charge is 0.378 e. The van der Waals surface area contributed by atoms with E-state index in [2.05, 4.69) is 9.27 Å². The number of nitrogens with zero attached hydrogens (tertiary/aromatic N) is 1. The average molecular weight is 316 g/mol. The highest BCUT2D eigenvalue weighted by atomic mass is 35.5. The largest absolute Gasteiger partial charge is 0.505 e. The van der Waals surface area contributed by atoms with Crippen LogP contribution in [-0.2, 0) is 4.29 Å². The van der Waals surface area contributed by atoms with Gasteiger partial charge in [0.2, 0.25) is 0 Å². The molecule has 0 atom stereocenters. The average Bonchev–Trinajstić information content (AvgIpc) is 2.55. The topological polar surface area (TPSA) is 68.7 Å². The van der Waals surface area contributed by atoms with Gasteiger partial charge >= 0.3 is 5.97 Å².